The third-order valence-electron chi connectivity index (χ3n) is 3.69. The maximum Gasteiger partial charge on any atom is 0.176 e. The van der Waals surface area contributed by atoms with Gasteiger partial charge in [-0.05, 0) is 38.6 Å². The van der Waals surface area contributed by atoms with Gasteiger partial charge in [0.05, 0.1) is 13.7 Å². The number of benzene rings is 1. The minimum atomic E-state index is 0.463. The lowest BCUT2D eigenvalue weighted by atomic mass is 10.0. The molecule has 0 saturated carbocycles. The van der Waals surface area contributed by atoms with Gasteiger partial charge in [0.15, 0.2) is 11.3 Å². The summed E-state index contributed by atoms with van der Waals surface area (Å²) in [5.74, 6) is 2.41. The molecule has 2 aromatic rings. The first-order valence-electron chi connectivity index (χ1n) is 7.93. The van der Waals surface area contributed by atoms with Gasteiger partial charge in [0.1, 0.15) is 5.76 Å². The summed E-state index contributed by atoms with van der Waals surface area (Å²) in [5, 5.41) is 4.71. The molecular weight excluding hydrogens is 276 g/mol. The largest absolute Gasteiger partial charge is 0.493 e. The quantitative estimate of drug-likeness (QED) is 0.810. The second kappa shape index (κ2) is 7.65. The monoisotopic (exact) mass is 304 g/mol. The second-order valence-electron chi connectivity index (χ2n) is 6.56. The van der Waals surface area contributed by atoms with Gasteiger partial charge >= 0.3 is 0 Å². The SMILES string of the molecule is COc1cccc2cc(CNC(CC(C)C)CN(C)C)oc12. The van der Waals surface area contributed by atoms with Crippen molar-refractivity contribution in [3.05, 3.63) is 30.0 Å². The van der Waals surface area contributed by atoms with Crippen LogP contribution in [0.15, 0.2) is 28.7 Å². The van der Waals surface area contributed by atoms with Gasteiger partial charge in [-0.3, -0.25) is 0 Å². The molecule has 1 atom stereocenters. The van der Waals surface area contributed by atoms with Gasteiger partial charge in [-0.15, -0.1) is 0 Å². The van der Waals surface area contributed by atoms with Crippen LogP contribution in [0.1, 0.15) is 26.0 Å². The van der Waals surface area contributed by atoms with Crippen molar-refractivity contribution in [3.63, 3.8) is 0 Å². The van der Waals surface area contributed by atoms with E-state index >= 15 is 0 Å². The van der Waals surface area contributed by atoms with Crippen LogP contribution in [0.4, 0.5) is 0 Å². The molecule has 1 N–H and O–H groups in total. The third kappa shape index (κ3) is 4.49. The molecule has 1 unspecified atom stereocenters. The first-order valence-corrected chi connectivity index (χ1v) is 7.93. The Morgan fingerprint density at radius 2 is 2.05 bits per heavy atom. The average molecular weight is 304 g/mol. The summed E-state index contributed by atoms with van der Waals surface area (Å²) in [6.45, 7) is 6.29. The first-order chi connectivity index (χ1) is 10.5. The lowest BCUT2D eigenvalue weighted by Crippen LogP contribution is -2.38. The molecule has 4 nitrogen and oxygen atoms in total. The second-order valence-corrected chi connectivity index (χ2v) is 6.56. The molecule has 0 aliphatic heterocycles. The maximum absolute atomic E-state index is 5.95. The Kier molecular flexibility index (Phi) is 5.86. The van der Waals surface area contributed by atoms with Crippen LogP contribution in [0, 0.1) is 5.92 Å². The number of rotatable bonds is 8. The molecule has 0 aliphatic carbocycles. The lowest BCUT2D eigenvalue weighted by Gasteiger charge is -2.23. The van der Waals surface area contributed by atoms with Crippen LogP contribution in [-0.4, -0.2) is 38.7 Å². The lowest BCUT2D eigenvalue weighted by molar-refractivity contribution is 0.299. The van der Waals surface area contributed by atoms with Crippen LogP contribution in [-0.2, 0) is 6.54 Å². The molecular formula is C18H28N2O2. The number of hydrogen-bond acceptors (Lipinski definition) is 4. The van der Waals surface area contributed by atoms with E-state index in [1.807, 2.05) is 12.1 Å². The zero-order valence-electron chi connectivity index (χ0n) is 14.3. The fraction of sp³-hybridized carbons (Fsp3) is 0.556. The summed E-state index contributed by atoms with van der Waals surface area (Å²) < 4.78 is 11.3. The van der Waals surface area contributed by atoms with Gasteiger partial charge in [-0.2, -0.15) is 0 Å². The Bertz CT molecular complexity index is 580. The summed E-state index contributed by atoms with van der Waals surface area (Å²) >= 11 is 0. The number of furan rings is 1. The Labute approximate surface area is 133 Å². The predicted molar refractivity (Wildman–Crippen MR) is 91.4 cm³/mol. The summed E-state index contributed by atoms with van der Waals surface area (Å²) in [7, 11) is 5.90. The number of methoxy groups -OCH3 is 1. The van der Waals surface area contributed by atoms with Gasteiger partial charge in [0.2, 0.25) is 0 Å². The summed E-state index contributed by atoms with van der Waals surface area (Å²) in [6.07, 6.45) is 1.15. The van der Waals surface area contributed by atoms with E-state index in [1.54, 1.807) is 7.11 Å². The Morgan fingerprint density at radius 3 is 2.68 bits per heavy atom. The molecule has 0 aliphatic rings. The van der Waals surface area contributed by atoms with Crippen LogP contribution >= 0.6 is 0 Å². The van der Waals surface area contributed by atoms with E-state index in [9.17, 15) is 0 Å². The molecule has 0 bridgehead atoms. The van der Waals surface area contributed by atoms with E-state index in [0.717, 1.165) is 42.0 Å². The number of nitrogens with one attached hydrogen (secondary N) is 1. The number of para-hydroxylation sites is 1. The van der Waals surface area contributed by atoms with E-state index in [-0.39, 0.29) is 0 Å². The van der Waals surface area contributed by atoms with Crippen LogP contribution < -0.4 is 10.1 Å². The van der Waals surface area contributed by atoms with Crippen molar-refractivity contribution in [1.29, 1.82) is 0 Å². The Hall–Kier alpha value is -1.52. The molecule has 1 aromatic carbocycles. The molecule has 0 radical (unpaired) electrons. The smallest absolute Gasteiger partial charge is 0.176 e. The van der Waals surface area contributed by atoms with E-state index in [2.05, 4.69) is 50.3 Å². The molecule has 0 saturated heterocycles. The highest BCUT2D eigenvalue weighted by atomic mass is 16.5. The molecule has 4 heteroatoms. The highest BCUT2D eigenvalue weighted by Gasteiger charge is 2.14. The van der Waals surface area contributed by atoms with Crippen molar-refractivity contribution in [2.45, 2.75) is 32.9 Å². The van der Waals surface area contributed by atoms with Crippen LogP contribution in [0.3, 0.4) is 0 Å². The van der Waals surface area contributed by atoms with E-state index in [4.69, 9.17) is 9.15 Å². The van der Waals surface area contributed by atoms with Crippen LogP contribution in [0.25, 0.3) is 11.0 Å². The molecule has 1 aromatic heterocycles. The van der Waals surface area contributed by atoms with Gasteiger partial charge in [-0.25, -0.2) is 0 Å². The number of ether oxygens (including phenoxy) is 1. The van der Waals surface area contributed by atoms with Gasteiger partial charge < -0.3 is 19.4 Å². The van der Waals surface area contributed by atoms with E-state index < -0.39 is 0 Å². The van der Waals surface area contributed by atoms with Crippen molar-refractivity contribution in [1.82, 2.24) is 10.2 Å². The normalized spacial score (nSPS) is 13.2. The number of hydrogen-bond donors (Lipinski definition) is 1. The van der Waals surface area contributed by atoms with Crippen LogP contribution in [0.5, 0.6) is 5.75 Å². The standard InChI is InChI=1S/C18H28N2O2/c1-13(2)9-15(12-20(3)4)19-11-16-10-14-7-6-8-17(21-5)18(14)22-16/h6-8,10,13,15,19H,9,11-12H2,1-5H3. The average Bonchev–Trinajstić information content (AvgIpc) is 2.86. The number of nitrogens with zero attached hydrogens (tertiary/aromatic N) is 1. The predicted octanol–water partition coefficient (Wildman–Crippen LogP) is 3.51. The fourth-order valence-corrected chi connectivity index (χ4v) is 2.81. The highest BCUT2D eigenvalue weighted by molar-refractivity contribution is 5.83. The number of fused-ring (bicyclic) bond motifs is 1. The minimum absolute atomic E-state index is 0.463. The van der Waals surface area contributed by atoms with E-state index in [0.29, 0.717) is 12.0 Å². The van der Waals surface area contributed by atoms with Crippen molar-refractivity contribution >= 4 is 11.0 Å². The van der Waals surface area contributed by atoms with Crippen molar-refractivity contribution < 1.29 is 9.15 Å². The summed E-state index contributed by atoms with van der Waals surface area (Å²) in [5.41, 5.74) is 0.829. The highest BCUT2D eigenvalue weighted by Crippen LogP contribution is 2.28. The zero-order chi connectivity index (χ0) is 16.1. The molecule has 0 amide bonds. The topological polar surface area (TPSA) is 37.6 Å². The fourth-order valence-electron chi connectivity index (χ4n) is 2.81. The number of likely N-dealkylation sites (N-methyl/N-ethyl adjacent to an activating group) is 1. The molecule has 122 valence electrons. The zero-order valence-corrected chi connectivity index (χ0v) is 14.3. The first kappa shape index (κ1) is 16.8. The van der Waals surface area contributed by atoms with Gasteiger partial charge in [0.25, 0.3) is 0 Å². The summed E-state index contributed by atoms with van der Waals surface area (Å²) in [6, 6.07) is 8.52. The van der Waals surface area contributed by atoms with Crippen molar-refractivity contribution in [2.75, 3.05) is 27.7 Å². The molecule has 2 rings (SSSR count). The van der Waals surface area contributed by atoms with E-state index in [1.165, 1.54) is 0 Å². The Balaban J connectivity index is 2.05. The Morgan fingerprint density at radius 1 is 1.27 bits per heavy atom. The maximum atomic E-state index is 5.95. The van der Waals surface area contributed by atoms with Gasteiger partial charge in [-0.1, -0.05) is 26.0 Å². The molecule has 0 spiro atoms. The summed E-state index contributed by atoms with van der Waals surface area (Å²) in [4.78, 5) is 2.22. The van der Waals surface area contributed by atoms with Crippen molar-refractivity contribution in [3.8, 4) is 5.75 Å². The van der Waals surface area contributed by atoms with Crippen LogP contribution in [0.2, 0.25) is 0 Å². The van der Waals surface area contributed by atoms with Gasteiger partial charge in [0, 0.05) is 18.0 Å². The molecule has 22 heavy (non-hydrogen) atoms. The minimum Gasteiger partial charge on any atom is -0.493 e. The molecule has 0 fully saturated rings. The van der Waals surface area contributed by atoms with Crippen molar-refractivity contribution in [2.24, 2.45) is 5.92 Å². The molecule has 1 heterocycles. The third-order valence-corrected chi connectivity index (χ3v) is 3.69.